The van der Waals surface area contributed by atoms with Crippen molar-refractivity contribution in [3.8, 4) is 16.9 Å². The van der Waals surface area contributed by atoms with Gasteiger partial charge in [0.2, 0.25) is 0 Å². The Morgan fingerprint density at radius 3 is 2.52 bits per heavy atom. The van der Waals surface area contributed by atoms with Crippen LogP contribution in [0.25, 0.3) is 16.9 Å². The van der Waals surface area contributed by atoms with Crippen molar-refractivity contribution in [2.45, 2.75) is 12.6 Å². The average molecular weight is 408 g/mol. The Bertz CT molecular complexity index is 930. The molecule has 0 radical (unpaired) electrons. The van der Waals surface area contributed by atoms with Gasteiger partial charge in [0, 0.05) is 22.1 Å². The monoisotopic (exact) mass is 407 g/mol. The Balaban J connectivity index is 1.80. The highest BCUT2D eigenvalue weighted by molar-refractivity contribution is 9.10. The minimum absolute atomic E-state index is 0.597. The molecule has 4 rings (SSSR count). The van der Waals surface area contributed by atoms with E-state index < -0.39 is 11.7 Å². The zero-order chi connectivity index (χ0) is 17.6. The molecule has 0 aliphatic carbocycles. The van der Waals surface area contributed by atoms with Crippen LogP contribution >= 0.6 is 15.9 Å². The van der Waals surface area contributed by atoms with Gasteiger partial charge in [0.25, 0.3) is 0 Å². The van der Waals surface area contributed by atoms with E-state index in [0.717, 1.165) is 52.2 Å². The second-order valence-electron chi connectivity index (χ2n) is 5.82. The molecule has 0 saturated heterocycles. The summed E-state index contributed by atoms with van der Waals surface area (Å²) in [5.41, 5.74) is 2.83. The molecular weight excluding hydrogens is 395 g/mol. The topological polar surface area (TPSA) is 29.9 Å². The van der Waals surface area contributed by atoms with Crippen molar-refractivity contribution in [3.63, 3.8) is 0 Å². The minimum Gasteiger partial charge on any atom is -0.369 e. The summed E-state index contributed by atoms with van der Waals surface area (Å²) in [5.74, 6) is 0.842. The van der Waals surface area contributed by atoms with Gasteiger partial charge in [-0.25, -0.2) is 4.68 Å². The van der Waals surface area contributed by atoms with E-state index in [4.69, 9.17) is 0 Å². The third-order valence-corrected chi connectivity index (χ3v) is 4.68. The molecule has 0 unspecified atom stereocenters. The predicted molar refractivity (Wildman–Crippen MR) is 93.9 cm³/mol. The van der Waals surface area contributed by atoms with Crippen LogP contribution in [0.5, 0.6) is 0 Å². The lowest BCUT2D eigenvalue weighted by atomic mass is 10.1. The Hall–Kier alpha value is -2.28. The van der Waals surface area contributed by atoms with Crippen molar-refractivity contribution >= 4 is 21.7 Å². The fraction of sp³-hybridized carbons (Fsp3) is 0.167. The van der Waals surface area contributed by atoms with Gasteiger partial charge >= 0.3 is 6.18 Å². The standard InChI is InChI=1S/C18H13BrF3N3/c19-13-3-1-2-11(10-13)16-15-8-9-23-17(15)25(24-16)14-6-4-12(5-7-14)18(20,21)22/h1-7,10,23H,8-9H2. The first-order valence-electron chi connectivity index (χ1n) is 7.73. The average Bonchev–Trinajstić information content (AvgIpc) is 3.16. The van der Waals surface area contributed by atoms with Crippen molar-refractivity contribution in [2.24, 2.45) is 0 Å². The van der Waals surface area contributed by atoms with Crippen molar-refractivity contribution < 1.29 is 13.2 Å². The fourth-order valence-electron chi connectivity index (χ4n) is 3.02. The molecule has 1 N–H and O–H groups in total. The van der Waals surface area contributed by atoms with E-state index in [2.05, 4.69) is 26.3 Å². The summed E-state index contributed by atoms with van der Waals surface area (Å²) in [6.07, 6.45) is -3.51. The Morgan fingerprint density at radius 1 is 1.08 bits per heavy atom. The van der Waals surface area contributed by atoms with Gasteiger partial charge in [-0.2, -0.15) is 18.3 Å². The van der Waals surface area contributed by atoms with E-state index in [0.29, 0.717) is 5.69 Å². The highest BCUT2D eigenvalue weighted by atomic mass is 79.9. The van der Waals surface area contributed by atoms with Gasteiger partial charge in [0.05, 0.1) is 16.9 Å². The number of nitrogens with zero attached hydrogens (tertiary/aromatic N) is 2. The van der Waals surface area contributed by atoms with Gasteiger partial charge in [-0.3, -0.25) is 0 Å². The summed E-state index contributed by atoms with van der Waals surface area (Å²) < 4.78 is 40.9. The SMILES string of the molecule is FC(F)(F)c1ccc(-n2nc(-c3cccc(Br)c3)c3c2NCC3)cc1. The summed E-state index contributed by atoms with van der Waals surface area (Å²) in [7, 11) is 0. The molecule has 128 valence electrons. The molecule has 0 spiro atoms. The van der Waals surface area contributed by atoms with E-state index >= 15 is 0 Å². The molecule has 0 fully saturated rings. The van der Waals surface area contributed by atoms with E-state index in [1.165, 1.54) is 12.1 Å². The van der Waals surface area contributed by atoms with Crippen LogP contribution in [0.1, 0.15) is 11.1 Å². The fourth-order valence-corrected chi connectivity index (χ4v) is 3.42. The first-order chi connectivity index (χ1) is 11.9. The number of alkyl halides is 3. The number of rotatable bonds is 2. The number of nitrogens with one attached hydrogen (secondary N) is 1. The van der Waals surface area contributed by atoms with Crippen molar-refractivity contribution in [1.29, 1.82) is 0 Å². The third-order valence-electron chi connectivity index (χ3n) is 4.19. The third kappa shape index (κ3) is 2.93. The van der Waals surface area contributed by atoms with Crippen LogP contribution < -0.4 is 5.32 Å². The summed E-state index contributed by atoms with van der Waals surface area (Å²) >= 11 is 3.46. The van der Waals surface area contributed by atoms with Crippen LogP contribution in [0.2, 0.25) is 0 Å². The number of hydrogen-bond acceptors (Lipinski definition) is 2. The van der Waals surface area contributed by atoms with Gasteiger partial charge in [-0.05, 0) is 42.8 Å². The van der Waals surface area contributed by atoms with Crippen LogP contribution in [0.15, 0.2) is 53.0 Å². The van der Waals surface area contributed by atoms with Crippen molar-refractivity contribution in [3.05, 3.63) is 64.1 Å². The van der Waals surface area contributed by atoms with Crippen LogP contribution in [0, 0.1) is 0 Å². The molecular formula is C18H13BrF3N3. The number of hydrogen-bond donors (Lipinski definition) is 1. The quantitative estimate of drug-likeness (QED) is 0.625. The molecule has 0 atom stereocenters. The zero-order valence-electron chi connectivity index (χ0n) is 12.9. The largest absolute Gasteiger partial charge is 0.416 e. The van der Waals surface area contributed by atoms with Gasteiger partial charge in [0.1, 0.15) is 5.82 Å². The van der Waals surface area contributed by atoms with E-state index in [1.807, 2.05) is 24.3 Å². The lowest BCUT2D eigenvalue weighted by Crippen LogP contribution is -2.07. The Labute approximate surface area is 150 Å². The lowest BCUT2D eigenvalue weighted by Gasteiger charge is -2.09. The maximum absolute atomic E-state index is 12.8. The van der Waals surface area contributed by atoms with Gasteiger partial charge in [-0.15, -0.1) is 0 Å². The van der Waals surface area contributed by atoms with Crippen LogP contribution in [0.4, 0.5) is 19.0 Å². The van der Waals surface area contributed by atoms with E-state index in [9.17, 15) is 13.2 Å². The molecule has 1 aromatic heterocycles. The molecule has 2 aromatic carbocycles. The Kier molecular flexibility index (Phi) is 3.83. The number of fused-ring (bicyclic) bond motifs is 1. The molecule has 0 amide bonds. The van der Waals surface area contributed by atoms with Crippen molar-refractivity contribution in [1.82, 2.24) is 9.78 Å². The molecule has 0 saturated carbocycles. The molecule has 0 bridgehead atoms. The molecule has 3 nitrogen and oxygen atoms in total. The van der Waals surface area contributed by atoms with Crippen LogP contribution in [-0.2, 0) is 12.6 Å². The first kappa shape index (κ1) is 16.2. The number of aromatic nitrogens is 2. The minimum atomic E-state index is -4.34. The summed E-state index contributed by atoms with van der Waals surface area (Å²) in [6, 6.07) is 12.9. The zero-order valence-corrected chi connectivity index (χ0v) is 14.5. The smallest absolute Gasteiger partial charge is 0.369 e. The lowest BCUT2D eigenvalue weighted by molar-refractivity contribution is -0.137. The van der Waals surface area contributed by atoms with Gasteiger partial charge in [0.15, 0.2) is 0 Å². The maximum Gasteiger partial charge on any atom is 0.416 e. The van der Waals surface area contributed by atoms with Crippen LogP contribution in [0.3, 0.4) is 0 Å². The number of benzene rings is 2. The van der Waals surface area contributed by atoms with E-state index in [-0.39, 0.29) is 0 Å². The second-order valence-corrected chi connectivity index (χ2v) is 6.74. The van der Waals surface area contributed by atoms with Gasteiger partial charge in [-0.1, -0.05) is 28.1 Å². The molecule has 1 aliphatic heterocycles. The highest BCUT2D eigenvalue weighted by Gasteiger charge is 2.30. The number of anilines is 1. The second kappa shape index (κ2) is 5.91. The molecule has 2 heterocycles. The highest BCUT2D eigenvalue weighted by Crippen LogP contribution is 2.36. The maximum atomic E-state index is 12.8. The summed E-state index contributed by atoms with van der Waals surface area (Å²) in [4.78, 5) is 0. The number of halogens is 4. The first-order valence-corrected chi connectivity index (χ1v) is 8.52. The molecule has 25 heavy (non-hydrogen) atoms. The molecule has 7 heteroatoms. The van der Waals surface area contributed by atoms with Crippen LogP contribution in [-0.4, -0.2) is 16.3 Å². The molecule has 1 aliphatic rings. The van der Waals surface area contributed by atoms with Gasteiger partial charge < -0.3 is 5.32 Å². The van der Waals surface area contributed by atoms with E-state index in [1.54, 1.807) is 4.68 Å². The van der Waals surface area contributed by atoms with Crippen molar-refractivity contribution in [2.75, 3.05) is 11.9 Å². The summed E-state index contributed by atoms with van der Waals surface area (Å²) in [5, 5.41) is 7.94. The molecule has 3 aromatic rings. The predicted octanol–water partition coefficient (Wildman–Crippen LogP) is 5.29. The Morgan fingerprint density at radius 2 is 1.84 bits per heavy atom. The summed E-state index contributed by atoms with van der Waals surface area (Å²) in [6.45, 7) is 0.787. The normalized spacial score (nSPS) is 13.6.